The Morgan fingerprint density at radius 1 is 1.19 bits per heavy atom. The van der Waals surface area contributed by atoms with Gasteiger partial charge in [-0.15, -0.1) is 0 Å². The van der Waals surface area contributed by atoms with E-state index in [0.29, 0.717) is 24.6 Å². The third-order valence-corrected chi connectivity index (χ3v) is 3.70. The first-order valence-electron chi connectivity index (χ1n) is 7.53. The number of nitrogens with zero attached hydrogens (tertiary/aromatic N) is 1. The van der Waals surface area contributed by atoms with Crippen LogP contribution in [0.15, 0.2) is 24.3 Å². The molecule has 0 radical (unpaired) electrons. The predicted molar refractivity (Wildman–Crippen MR) is 81.1 cm³/mol. The van der Waals surface area contributed by atoms with E-state index in [1.807, 2.05) is 24.3 Å². The lowest BCUT2D eigenvalue weighted by Gasteiger charge is -2.35. The zero-order valence-corrected chi connectivity index (χ0v) is 12.7. The third kappa shape index (κ3) is 4.39. The summed E-state index contributed by atoms with van der Waals surface area (Å²) in [6, 6.07) is 7.66. The van der Waals surface area contributed by atoms with Crippen LogP contribution in [0.5, 0.6) is 0 Å². The Morgan fingerprint density at radius 2 is 1.81 bits per heavy atom. The summed E-state index contributed by atoms with van der Waals surface area (Å²) in [5.41, 5.74) is 1.89. The first-order chi connectivity index (χ1) is 9.95. The molecule has 4 nitrogen and oxygen atoms in total. The molecule has 21 heavy (non-hydrogen) atoms. The van der Waals surface area contributed by atoms with Crippen LogP contribution in [0.4, 0.5) is 0 Å². The zero-order chi connectivity index (χ0) is 15.4. The first-order valence-corrected chi connectivity index (χ1v) is 7.53. The van der Waals surface area contributed by atoms with Crippen LogP contribution in [0, 0.1) is 5.92 Å². The molecular formula is C17H23NO3. The maximum atomic E-state index is 12.1. The van der Waals surface area contributed by atoms with Crippen LogP contribution < -0.4 is 0 Å². The molecule has 0 bridgehead atoms. The SMILES string of the molecule is CC(C)Cc1ccc(C(=O)CCC(=O)N2CC(O)C2)cc1. The lowest BCUT2D eigenvalue weighted by molar-refractivity contribution is -0.141. The van der Waals surface area contributed by atoms with E-state index in [9.17, 15) is 9.59 Å². The van der Waals surface area contributed by atoms with Crippen LogP contribution >= 0.6 is 0 Å². The minimum atomic E-state index is -0.391. The van der Waals surface area contributed by atoms with E-state index in [2.05, 4.69) is 13.8 Å². The number of carbonyl (C=O) groups is 2. The lowest BCUT2D eigenvalue weighted by atomic mass is 9.99. The summed E-state index contributed by atoms with van der Waals surface area (Å²) in [5.74, 6) is 0.543. The molecule has 1 N–H and O–H groups in total. The summed E-state index contributed by atoms with van der Waals surface area (Å²) in [5, 5.41) is 9.15. The van der Waals surface area contributed by atoms with Crippen molar-refractivity contribution in [1.82, 2.24) is 4.90 Å². The van der Waals surface area contributed by atoms with Gasteiger partial charge in [0.05, 0.1) is 6.10 Å². The van der Waals surface area contributed by atoms with Crippen LogP contribution in [0.25, 0.3) is 0 Å². The Hall–Kier alpha value is -1.68. The number of likely N-dealkylation sites (tertiary alicyclic amines) is 1. The summed E-state index contributed by atoms with van der Waals surface area (Å²) in [4.78, 5) is 25.4. The van der Waals surface area contributed by atoms with Crippen molar-refractivity contribution in [3.63, 3.8) is 0 Å². The number of amides is 1. The van der Waals surface area contributed by atoms with Crippen molar-refractivity contribution in [2.24, 2.45) is 5.92 Å². The van der Waals surface area contributed by atoms with E-state index < -0.39 is 6.10 Å². The molecular weight excluding hydrogens is 266 g/mol. The monoisotopic (exact) mass is 289 g/mol. The number of β-amino-alcohol motifs (C(OH)–C–C–N with tert-alkyl or cyclic N) is 1. The van der Waals surface area contributed by atoms with Gasteiger partial charge in [-0.3, -0.25) is 9.59 Å². The van der Waals surface area contributed by atoms with E-state index >= 15 is 0 Å². The molecule has 4 heteroatoms. The van der Waals surface area contributed by atoms with Gasteiger partial charge in [-0.2, -0.15) is 0 Å². The molecule has 0 unspecified atom stereocenters. The van der Waals surface area contributed by atoms with E-state index in [1.165, 1.54) is 5.56 Å². The number of Topliss-reactive ketones (excluding diaryl/α,β-unsaturated/α-hetero) is 1. The number of rotatable bonds is 6. The van der Waals surface area contributed by atoms with Gasteiger partial charge < -0.3 is 10.0 Å². The van der Waals surface area contributed by atoms with Crippen LogP contribution in [-0.4, -0.2) is 40.9 Å². The van der Waals surface area contributed by atoms with Crippen LogP contribution in [0.3, 0.4) is 0 Å². The van der Waals surface area contributed by atoms with E-state index in [4.69, 9.17) is 5.11 Å². The number of hydrogen-bond acceptors (Lipinski definition) is 3. The van der Waals surface area contributed by atoms with Gasteiger partial charge in [0, 0.05) is 31.5 Å². The van der Waals surface area contributed by atoms with Gasteiger partial charge in [-0.1, -0.05) is 38.1 Å². The molecule has 2 rings (SSSR count). The Morgan fingerprint density at radius 3 is 2.33 bits per heavy atom. The Balaban J connectivity index is 1.81. The molecule has 0 aliphatic carbocycles. The fraction of sp³-hybridized carbons (Fsp3) is 0.529. The topological polar surface area (TPSA) is 57.6 Å². The average molecular weight is 289 g/mol. The van der Waals surface area contributed by atoms with Gasteiger partial charge in [-0.25, -0.2) is 0 Å². The molecule has 1 saturated heterocycles. The van der Waals surface area contributed by atoms with Crippen molar-refractivity contribution in [3.8, 4) is 0 Å². The molecule has 1 amide bonds. The average Bonchev–Trinajstić information content (AvgIpc) is 2.41. The number of aliphatic hydroxyl groups is 1. The molecule has 0 saturated carbocycles. The molecule has 1 aromatic rings. The smallest absolute Gasteiger partial charge is 0.223 e. The molecule has 0 aromatic heterocycles. The fourth-order valence-corrected chi connectivity index (χ4v) is 2.48. The standard InChI is InChI=1S/C17H23NO3/c1-12(2)9-13-3-5-14(6-4-13)16(20)7-8-17(21)18-10-15(19)11-18/h3-6,12,15,19H,7-11H2,1-2H3. The van der Waals surface area contributed by atoms with Gasteiger partial charge in [0.2, 0.25) is 5.91 Å². The molecule has 1 aliphatic rings. The quantitative estimate of drug-likeness (QED) is 0.815. The number of carbonyl (C=O) groups excluding carboxylic acids is 2. The summed E-state index contributed by atoms with van der Waals surface area (Å²) in [6.45, 7) is 5.13. The van der Waals surface area contributed by atoms with Gasteiger partial charge in [0.25, 0.3) is 0 Å². The third-order valence-electron chi connectivity index (χ3n) is 3.70. The number of ketones is 1. The summed E-state index contributed by atoms with van der Waals surface area (Å²) in [6.07, 6.45) is 1.07. The number of benzene rings is 1. The van der Waals surface area contributed by atoms with Crippen LogP contribution in [-0.2, 0) is 11.2 Å². The van der Waals surface area contributed by atoms with Crippen molar-refractivity contribution in [2.75, 3.05) is 13.1 Å². The molecule has 114 valence electrons. The first kappa shape index (κ1) is 15.7. The molecule has 0 spiro atoms. The van der Waals surface area contributed by atoms with Gasteiger partial charge >= 0.3 is 0 Å². The highest BCUT2D eigenvalue weighted by atomic mass is 16.3. The fourth-order valence-electron chi connectivity index (χ4n) is 2.48. The van der Waals surface area contributed by atoms with Crippen LogP contribution in [0.1, 0.15) is 42.6 Å². The highest BCUT2D eigenvalue weighted by molar-refractivity contribution is 5.98. The van der Waals surface area contributed by atoms with E-state index in [0.717, 1.165) is 6.42 Å². The van der Waals surface area contributed by atoms with Gasteiger partial charge in [0.1, 0.15) is 0 Å². The van der Waals surface area contributed by atoms with Crippen molar-refractivity contribution in [2.45, 2.75) is 39.2 Å². The number of hydrogen-bond donors (Lipinski definition) is 1. The molecule has 0 atom stereocenters. The largest absolute Gasteiger partial charge is 0.389 e. The second kappa shape index (κ2) is 6.85. The highest BCUT2D eigenvalue weighted by Gasteiger charge is 2.28. The number of aliphatic hydroxyl groups excluding tert-OH is 1. The van der Waals surface area contributed by atoms with Crippen LogP contribution in [0.2, 0.25) is 0 Å². The molecule has 1 fully saturated rings. The van der Waals surface area contributed by atoms with E-state index in [-0.39, 0.29) is 24.5 Å². The second-order valence-electron chi connectivity index (χ2n) is 6.17. The predicted octanol–water partition coefficient (Wildman–Crippen LogP) is 2.05. The highest BCUT2D eigenvalue weighted by Crippen LogP contribution is 2.14. The van der Waals surface area contributed by atoms with Gasteiger partial charge in [-0.05, 0) is 17.9 Å². The normalized spacial score (nSPS) is 15.1. The molecule has 1 aliphatic heterocycles. The summed E-state index contributed by atoms with van der Waals surface area (Å²) in [7, 11) is 0. The van der Waals surface area contributed by atoms with Gasteiger partial charge in [0.15, 0.2) is 5.78 Å². The Kier molecular flexibility index (Phi) is 5.12. The molecule has 1 heterocycles. The molecule has 1 aromatic carbocycles. The van der Waals surface area contributed by atoms with E-state index in [1.54, 1.807) is 4.90 Å². The second-order valence-corrected chi connectivity index (χ2v) is 6.17. The van der Waals surface area contributed by atoms with Crippen molar-refractivity contribution < 1.29 is 14.7 Å². The maximum Gasteiger partial charge on any atom is 0.223 e. The minimum Gasteiger partial charge on any atom is -0.389 e. The lowest BCUT2D eigenvalue weighted by Crippen LogP contribution is -2.53. The zero-order valence-electron chi connectivity index (χ0n) is 12.7. The Bertz CT molecular complexity index is 501. The minimum absolute atomic E-state index is 0.000480. The van der Waals surface area contributed by atoms with Crippen molar-refractivity contribution >= 4 is 11.7 Å². The van der Waals surface area contributed by atoms with Crippen molar-refractivity contribution in [3.05, 3.63) is 35.4 Å². The summed E-state index contributed by atoms with van der Waals surface area (Å²) < 4.78 is 0. The summed E-state index contributed by atoms with van der Waals surface area (Å²) >= 11 is 0. The maximum absolute atomic E-state index is 12.1. The Labute approximate surface area is 125 Å². The van der Waals surface area contributed by atoms with Crippen molar-refractivity contribution in [1.29, 1.82) is 0 Å².